The van der Waals surface area contributed by atoms with Gasteiger partial charge in [0.15, 0.2) is 0 Å². The molecule has 0 aliphatic carbocycles. The summed E-state index contributed by atoms with van der Waals surface area (Å²) in [6.07, 6.45) is 3.06. The van der Waals surface area contributed by atoms with Crippen molar-refractivity contribution >= 4 is 29.3 Å². The van der Waals surface area contributed by atoms with E-state index in [0.717, 1.165) is 18.4 Å². The molecule has 0 N–H and O–H groups in total. The fourth-order valence-electron chi connectivity index (χ4n) is 3.16. The molecule has 28 heavy (non-hydrogen) atoms. The smallest absolute Gasteiger partial charge is 0.410 e. The molecule has 1 saturated heterocycles. The maximum atomic E-state index is 12.3. The Morgan fingerprint density at radius 2 is 1.89 bits per heavy atom. The molecular formula is C21H24Cl2N2O3. The molecule has 0 radical (unpaired) electrons. The highest BCUT2D eigenvalue weighted by Crippen LogP contribution is 2.37. The normalized spacial score (nSPS) is 15.4. The van der Waals surface area contributed by atoms with Gasteiger partial charge in [-0.25, -0.2) is 9.78 Å². The van der Waals surface area contributed by atoms with Gasteiger partial charge in [-0.15, -0.1) is 0 Å². The molecule has 150 valence electrons. The maximum Gasteiger partial charge on any atom is 0.410 e. The van der Waals surface area contributed by atoms with Crippen molar-refractivity contribution in [2.24, 2.45) is 0 Å². The summed E-state index contributed by atoms with van der Waals surface area (Å²) in [6, 6.07) is 9.01. The molecular weight excluding hydrogens is 399 g/mol. The first-order valence-corrected chi connectivity index (χ1v) is 10.0. The van der Waals surface area contributed by atoms with Gasteiger partial charge in [-0.1, -0.05) is 29.3 Å². The van der Waals surface area contributed by atoms with Crippen LogP contribution in [0.2, 0.25) is 10.0 Å². The Kier molecular flexibility index (Phi) is 6.36. The standard InChI is InChI=1S/C21H24Cl2N2O3/c1-21(2,3)28-20(26)25-11-8-14(9-12-25)16-5-4-10-24-19(16)27-18-7-6-15(22)13-17(18)23/h4-7,10,13-14H,8-9,11-12H2,1-3H3. The number of pyridine rings is 1. The molecule has 1 aliphatic rings. The summed E-state index contributed by atoms with van der Waals surface area (Å²) < 4.78 is 11.4. The van der Waals surface area contributed by atoms with Crippen molar-refractivity contribution in [3.63, 3.8) is 0 Å². The molecule has 0 atom stereocenters. The monoisotopic (exact) mass is 422 g/mol. The van der Waals surface area contributed by atoms with Crippen molar-refractivity contribution in [3.05, 3.63) is 52.1 Å². The van der Waals surface area contributed by atoms with E-state index in [1.54, 1.807) is 29.3 Å². The molecule has 2 aromatic rings. The van der Waals surface area contributed by atoms with Crippen LogP contribution in [-0.4, -0.2) is 34.7 Å². The SMILES string of the molecule is CC(C)(C)OC(=O)N1CCC(c2cccnc2Oc2ccc(Cl)cc2Cl)CC1. The Balaban J connectivity index is 1.69. The topological polar surface area (TPSA) is 51.7 Å². The van der Waals surface area contributed by atoms with Gasteiger partial charge < -0.3 is 14.4 Å². The van der Waals surface area contributed by atoms with Crippen LogP contribution in [0, 0.1) is 0 Å². The van der Waals surface area contributed by atoms with E-state index in [-0.39, 0.29) is 12.0 Å². The van der Waals surface area contributed by atoms with E-state index in [2.05, 4.69) is 4.98 Å². The Bertz CT molecular complexity index is 844. The molecule has 1 fully saturated rings. The highest BCUT2D eigenvalue weighted by atomic mass is 35.5. The zero-order chi connectivity index (χ0) is 20.3. The average Bonchev–Trinajstić information content (AvgIpc) is 2.63. The van der Waals surface area contributed by atoms with E-state index in [4.69, 9.17) is 32.7 Å². The minimum Gasteiger partial charge on any atom is -0.444 e. The number of halogens is 2. The van der Waals surface area contributed by atoms with Gasteiger partial charge in [0.1, 0.15) is 11.4 Å². The van der Waals surface area contributed by atoms with Crippen molar-refractivity contribution in [1.82, 2.24) is 9.88 Å². The van der Waals surface area contributed by atoms with Crippen LogP contribution >= 0.6 is 23.2 Å². The first-order valence-electron chi connectivity index (χ1n) is 9.29. The van der Waals surface area contributed by atoms with Gasteiger partial charge in [0.2, 0.25) is 5.88 Å². The molecule has 2 heterocycles. The molecule has 1 amide bonds. The molecule has 7 heteroatoms. The number of amides is 1. The van der Waals surface area contributed by atoms with Gasteiger partial charge in [0, 0.05) is 29.9 Å². The van der Waals surface area contributed by atoms with Crippen LogP contribution in [0.3, 0.4) is 0 Å². The fourth-order valence-corrected chi connectivity index (χ4v) is 3.61. The molecule has 0 saturated carbocycles. The molecule has 1 aromatic heterocycles. The summed E-state index contributed by atoms with van der Waals surface area (Å²) >= 11 is 12.2. The Morgan fingerprint density at radius 1 is 1.18 bits per heavy atom. The number of hydrogen-bond donors (Lipinski definition) is 0. The second-order valence-corrected chi connectivity index (χ2v) is 8.66. The van der Waals surface area contributed by atoms with Crippen LogP contribution < -0.4 is 4.74 Å². The van der Waals surface area contributed by atoms with E-state index < -0.39 is 5.60 Å². The molecule has 1 aliphatic heterocycles. The lowest BCUT2D eigenvalue weighted by atomic mass is 9.90. The molecule has 3 rings (SSSR count). The summed E-state index contributed by atoms with van der Waals surface area (Å²) in [6.45, 7) is 6.89. The predicted octanol–water partition coefficient (Wildman–Crippen LogP) is 6.30. The third-order valence-corrected chi connectivity index (χ3v) is 5.02. The zero-order valence-corrected chi connectivity index (χ0v) is 17.8. The van der Waals surface area contributed by atoms with E-state index in [0.29, 0.717) is 34.8 Å². The van der Waals surface area contributed by atoms with Gasteiger partial charge >= 0.3 is 6.09 Å². The van der Waals surface area contributed by atoms with Gasteiger partial charge in [0.25, 0.3) is 0 Å². The Labute approximate surface area is 175 Å². The number of nitrogens with zero attached hydrogens (tertiary/aromatic N) is 2. The van der Waals surface area contributed by atoms with E-state index >= 15 is 0 Å². The molecule has 0 spiro atoms. The minimum atomic E-state index is -0.490. The van der Waals surface area contributed by atoms with E-state index in [1.807, 2.05) is 32.9 Å². The highest BCUT2D eigenvalue weighted by Gasteiger charge is 2.29. The summed E-state index contributed by atoms with van der Waals surface area (Å²) in [7, 11) is 0. The van der Waals surface area contributed by atoms with Crippen molar-refractivity contribution < 1.29 is 14.3 Å². The number of piperidine rings is 1. The molecule has 0 unspecified atom stereocenters. The second-order valence-electron chi connectivity index (χ2n) is 7.82. The van der Waals surface area contributed by atoms with Crippen molar-refractivity contribution in [3.8, 4) is 11.6 Å². The zero-order valence-electron chi connectivity index (χ0n) is 16.2. The number of aromatic nitrogens is 1. The van der Waals surface area contributed by atoms with Gasteiger partial charge in [-0.3, -0.25) is 0 Å². The maximum absolute atomic E-state index is 12.3. The predicted molar refractivity (Wildman–Crippen MR) is 111 cm³/mol. The summed E-state index contributed by atoms with van der Waals surface area (Å²) in [5.74, 6) is 1.29. The van der Waals surface area contributed by atoms with Gasteiger partial charge in [-0.2, -0.15) is 0 Å². The number of likely N-dealkylation sites (tertiary alicyclic amines) is 1. The van der Waals surface area contributed by atoms with Gasteiger partial charge in [-0.05, 0) is 63.8 Å². The lowest BCUT2D eigenvalue weighted by Crippen LogP contribution is -2.41. The molecule has 5 nitrogen and oxygen atoms in total. The Morgan fingerprint density at radius 3 is 2.54 bits per heavy atom. The van der Waals surface area contributed by atoms with Crippen LogP contribution in [0.25, 0.3) is 0 Å². The summed E-state index contributed by atoms with van der Waals surface area (Å²) in [4.78, 5) is 18.4. The van der Waals surface area contributed by atoms with Crippen LogP contribution in [0.15, 0.2) is 36.5 Å². The van der Waals surface area contributed by atoms with Crippen molar-refractivity contribution in [2.45, 2.75) is 45.1 Å². The molecule has 1 aromatic carbocycles. The molecule has 0 bridgehead atoms. The van der Waals surface area contributed by atoms with Crippen LogP contribution in [0.4, 0.5) is 4.79 Å². The number of ether oxygens (including phenoxy) is 2. The first kappa shape index (κ1) is 20.7. The number of carbonyl (C=O) groups is 1. The third kappa shape index (κ3) is 5.30. The largest absolute Gasteiger partial charge is 0.444 e. The number of benzene rings is 1. The summed E-state index contributed by atoms with van der Waals surface area (Å²) in [5, 5.41) is 0.983. The van der Waals surface area contributed by atoms with Gasteiger partial charge in [0.05, 0.1) is 5.02 Å². The quantitative estimate of drug-likeness (QED) is 0.582. The van der Waals surface area contributed by atoms with E-state index in [1.165, 1.54) is 0 Å². The first-order chi connectivity index (χ1) is 13.2. The lowest BCUT2D eigenvalue weighted by molar-refractivity contribution is 0.0204. The highest BCUT2D eigenvalue weighted by molar-refractivity contribution is 6.35. The van der Waals surface area contributed by atoms with E-state index in [9.17, 15) is 4.79 Å². The minimum absolute atomic E-state index is 0.244. The van der Waals surface area contributed by atoms with Crippen LogP contribution in [-0.2, 0) is 4.74 Å². The number of carbonyl (C=O) groups excluding carboxylic acids is 1. The van der Waals surface area contributed by atoms with Crippen molar-refractivity contribution in [2.75, 3.05) is 13.1 Å². The second kappa shape index (κ2) is 8.58. The van der Waals surface area contributed by atoms with Crippen LogP contribution in [0.5, 0.6) is 11.6 Å². The fraction of sp³-hybridized carbons (Fsp3) is 0.429. The van der Waals surface area contributed by atoms with Crippen molar-refractivity contribution in [1.29, 1.82) is 0 Å². The lowest BCUT2D eigenvalue weighted by Gasteiger charge is -2.33. The summed E-state index contributed by atoms with van der Waals surface area (Å²) in [5.41, 5.74) is 0.521. The van der Waals surface area contributed by atoms with Crippen LogP contribution in [0.1, 0.15) is 45.1 Å². The average molecular weight is 423 g/mol. The number of rotatable bonds is 3. The number of hydrogen-bond acceptors (Lipinski definition) is 4. The Hall–Kier alpha value is -1.98. The third-order valence-electron chi connectivity index (χ3n) is 4.49.